The van der Waals surface area contributed by atoms with E-state index in [1.54, 1.807) is 5.57 Å². The van der Waals surface area contributed by atoms with Crippen molar-refractivity contribution in [3.05, 3.63) is 12.2 Å². The van der Waals surface area contributed by atoms with Crippen LogP contribution in [0.1, 0.15) is 52.9 Å². The second-order valence-corrected chi connectivity index (χ2v) is 5.89. The number of rotatable bonds is 0. The van der Waals surface area contributed by atoms with Gasteiger partial charge in [0.2, 0.25) is 0 Å². The lowest BCUT2D eigenvalue weighted by Crippen LogP contribution is -2.41. The molecule has 0 amide bonds. The molecule has 4 unspecified atom stereocenters. The van der Waals surface area contributed by atoms with Gasteiger partial charge in [-0.1, -0.05) is 45.8 Å². The molecule has 2 fully saturated rings. The van der Waals surface area contributed by atoms with Crippen LogP contribution in [0.3, 0.4) is 0 Å². The molecule has 14 heavy (non-hydrogen) atoms. The first kappa shape index (κ1) is 10.3. The van der Waals surface area contributed by atoms with Crippen molar-refractivity contribution in [3.63, 3.8) is 0 Å². The fourth-order valence-corrected chi connectivity index (χ4v) is 3.72. The Kier molecular flexibility index (Phi) is 2.49. The van der Waals surface area contributed by atoms with Gasteiger partial charge in [0.25, 0.3) is 0 Å². The van der Waals surface area contributed by atoms with Crippen molar-refractivity contribution in [2.45, 2.75) is 52.9 Å². The van der Waals surface area contributed by atoms with Crippen LogP contribution in [0.15, 0.2) is 12.2 Å². The van der Waals surface area contributed by atoms with Crippen LogP contribution >= 0.6 is 0 Å². The average Bonchev–Trinajstić information content (AvgIpc) is 2.17. The van der Waals surface area contributed by atoms with E-state index in [0.717, 1.165) is 17.8 Å². The first-order valence-electron chi connectivity index (χ1n) is 6.25. The SMILES string of the molecule is C=C1C(C)C(C)CC2CCCCC12C. The van der Waals surface area contributed by atoms with E-state index in [9.17, 15) is 0 Å². The zero-order valence-electron chi connectivity index (χ0n) is 9.97. The van der Waals surface area contributed by atoms with Crippen molar-refractivity contribution >= 4 is 0 Å². The van der Waals surface area contributed by atoms with Gasteiger partial charge in [0, 0.05) is 0 Å². The smallest absolute Gasteiger partial charge is 0.00880 e. The van der Waals surface area contributed by atoms with Crippen LogP contribution in [0.2, 0.25) is 0 Å². The van der Waals surface area contributed by atoms with Crippen LogP contribution in [0.4, 0.5) is 0 Å². The zero-order valence-corrected chi connectivity index (χ0v) is 9.97. The van der Waals surface area contributed by atoms with Gasteiger partial charge < -0.3 is 0 Å². The van der Waals surface area contributed by atoms with E-state index in [-0.39, 0.29) is 0 Å². The lowest BCUT2D eigenvalue weighted by Gasteiger charge is -2.51. The second kappa shape index (κ2) is 3.40. The zero-order chi connectivity index (χ0) is 10.3. The van der Waals surface area contributed by atoms with Gasteiger partial charge in [-0.3, -0.25) is 0 Å². The van der Waals surface area contributed by atoms with Crippen LogP contribution in [0.5, 0.6) is 0 Å². The molecule has 0 nitrogen and oxygen atoms in total. The summed E-state index contributed by atoms with van der Waals surface area (Å²) >= 11 is 0. The predicted molar refractivity (Wildman–Crippen MR) is 62.2 cm³/mol. The fourth-order valence-electron chi connectivity index (χ4n) is 3.72. The lowest BCUT2D eigenvalue weighted by atomic mass is 9.54. The minimum atomic E-state index is 0.490. The highest BCUT2D eigenvalue weighted by molar-refractivity contribution is 5.19. The Morgan fingerprint density at radius 3 is 2.71 bits per heavy atom. The maximum atomic E-state index is 4.40. The van der Waals surface area contributed by atoms with Crippen molar-refractivity contribution in [2.75, 3.05) is 0 Å². The summed E-state index contributed by atoms with van der Waals surface area (Å²) in [7, 11) is 0. The molecule has 0 N–H and O–H groups in total. The first-order valence-corrected chi connectivity index (χ1v) is 6.25. The van der Waals surface area contributed by atoms with E-state index >= 15 is 0 Å². The molecule has 2 rings (SSSR count). The molecule has 0 aliphatic heterocycles. The molecule has 0 bridgehead atoms. The van der Waals surface area contributed by atoms with E-state index in [1.165, 1.54) is 32.1 Å². The van der Waals surface area contributed by atoms with Gasteiger partial charge in [0.05, 0.1) is 0 Å². The highest BCUT2D eigenvalue weighted by Gasteiger charge is 2.45. The largest absolute Gasteiger partial charge is 0.0990 e. The van der Waals surface area contributed by atoms with E-state index in [1.807, 2.05) is 0 Å². The van der Waals surface area contributed by atoms with Crippen molar-refractivity contribution in [3.8, 4) is 0 Å². The predicted octanol–water partition coefficient (Wildman–Crippen LogP) is 4.42. The van der Waals surface area contributed by atoms with E-state index in [2.05, 4.69) is 27.4 Å². The summed E-state index contributed by atoms with van der Waals surface area (Å²) in [6.45, 7) is 11.7. The average molecular weight is 192 g/mol. The van der Waals surface area contributed by atoms with Crippen LogP contribution in [-0.4, -0.2) is 0 Å². The maximum absolute atomic E-state index is 4.40. The maximum Gasteiger partial charge on any atom is -0.00880 e. The summed E-state index contributed by atoms with van der Waals surface area (Å²) < 4.78 is 0. The van der Waals surface area contributed by atoms with Gasteiger partial charge in [-0.25, -0.2) is 0 Å². The Morgan fingerprint density at radius 2 is 2.00 bits per heavy atom. The Balaban J connectivity index is 2.25. The molecule has 0 aromatic carbocycles. The molecule has 80 valence electrons. The van der Waals surface area contributed by atoms with Crippen LogP contribution in [0, 0.1) is 23.2 Å². The van der Waals surface area contributed by atoms with Gasteiger partial charge in [-0.2, -0.15) is 0 Å². The van der Waals surface area contributed by atoms with Gasteiger partial charge in [-0.15, -0.1) is 0 Å². The summed E-state index contributed by atoms with van der Waals surface area (Å²) in [6.07, 6.45) is 7.17. The van der Waals surface area contributed by atoms with Crippen LogP contribution in [0.25, 0.3) is 0 Å². The monoisotopic (exact) mass is 192 g/mol. The Labute approximate surface area is 88.8 Å². The van der Waals surface area contributed by atoms with Crippen molar-refractivity contribution < 1.29 is 0 Å². The highest BCUT2D eigenvalue weighted by Crippen LogP contribution is 2.55. The van der Waals surface area contributed by atoms with Gasteiger partial charge in [0.15, 0.2) is 0 Å². The molecule has 0 aromatic heterocycles. The number of fused-ring (bicyclic) bond motifs is 1. The molecule has 0 heteroatoms. The van der Waals surface area contributed by atoms with E-state index in [0.29, 0.717) is 5.41 Å². The minimum absolute atomic E-state index is 0.490. The molecule has 2 saturated carbocycles. The Morgan fingerprint density at radius 1 is 1.29 bits per heavy atom. The third-order valence-electron chi connectivity index (χ3n) is 5.19. The van der Waals surface area contributed by atoms with E-state index in [4.69, 9.17) is 0 Å². The fraction of sp³-hybridized carbons (Fsp3) is 0.857. The van der Waals surface area contributed by atoms with Gasteiger partial charge in [-0.05, 0) is 42.4 Å². The third kappa shape index (κ3) is 1.34. The van der Waals surface area contributed by atoms with Crippen molar-refractivity contribution in [1.29, 1.82) is 0 Å². The first-order chi connectivity index (χ1) is 6.55. The molecule has 2 aliphatic rings. The number of allylic oxidation sites excluding steroid dienone is 1. The van der Waals surface area contributed by atoms with E-state index < -0.39 is 0 Å². The van der Waals surface area contributed by atoms with Crippen molar-refractivity contribution in [1.82, 2.24) is 0 Å². The quantitative estimate of drug-likeness (QED) is 0.499. The normalized spacial score (nSPS) is 48.8. The number of hydrogen-bond acceptors (Lipinski definition) is 0. The molecular formula is C14H24. The van der Waals surface area contributed by atoms with Gasteiger partial charge >= 0.3 is 0 Å². The third-order valence-corrected chi connectivity index (χ3v) is 5.19. The van der Waals surface area contributed by atoms with Gasteiger partial charge in [0.1, 0.15) is 0 Å². The summed E-state index contributed by atoms with van der Waals surface area (Å²) in [5.74, 6) is 2.54. The molecule has 2 aliphatic carbocycles. The Hall–Kier alpha value is -0.260. The second-order valence-electron chi connectivity index (χ2n) is 5.89. The molecular weight excluding hydrogens is 168 g/mol. The molecule has 0 radical (unpaired) electrons. The molecule has 0 saturated heterocycles. The number of hydrogen-bond donors (Lipinski definition) is 0. The molecule has 4 atom stereocenters. The molecule has 0 aromatic rings. The summed E-state index contributed by atoms with van der Waals surface area (Å²) in [6, 6.07) is 0. The van der Waals surface area contributed by atoms with Crippen LogP contribution < -0.4 is 0 Å². The summed E-state index contributed by atoms with van der Waals surface area (Å²) in [4.78, 5) is 0. The standard InChI is InChI=1S/C14H24/c1-10-9-13-7-5-6-8-14(13,4)12(3)11(10)2/h10-11,13H,3,5-9H2,1-2,4H3. The van der Waals surface area contributed by atoms with Crippen LogP contribution in [-0.2, 0) is 0 Å². The minimum Gasteiger partial charge on any atom is -0.0990 e. The molecule has 0 spiro atoms. The molecule has 0 heterocycles. The Bertz CT molecular complexity index is 240. The summed E-state index contributed by atoms with van der Waals surface area (Å²) in [5, 5.41) is 0. The highest BCUT2D eigenvalue weighted by atomic mass is 14.5. The lowest BCUT2D eigenvalue weighted by molar-refractivity contribution is 0.0722. The topological polar surface area (TPSA) is 0 Å². The summed E-state index contributed by atoms with van der Waals surface area (Å²) in [5.41, 5.74) is 2.05. The van der Waals surface area contributed by atoms with Crippen molar-refractivity contribution in [2.24, 2.45) is 23.2 Å².